The fraction of sp³-hybridized carbons (Fsp3) is 0.455. The van der Waals surface area contributed by atoms with Gasteiger partial charge in [0.25, 0.3) is 0 Å². The third-order valence-corrected chi connectivity index (χ3v) is 2.82. The van der Waals surface area contributed by atoms with Gasteiger partial charge in [0.1, 0.15) is 5.75 Å². The van der Waals surface area contributed by atoms with Gasteiger partial charge < -0.3 is 20.9 Å². The van der Waals surface area contributed by atoms with Crippen LogP contribution in [0.15, 0.2) is 18.2 Å². The van der Waals surface area contributed by atoms with Crippen LogP contribution in [0.4, 0.5) is 5.69 Å². The van der Waals surface area contributed by atoms with Gasteiger partial charge in [-0.1, -0.05) is 0 Å². The maximum absolute atomic E-state index is 8.99. The maximum Gasteiger partial charge on any atom is 0.119 e. The van der Waals surface area contributed by atoms with Crippen LogP contribution in [0.3, 0.4) is 0 Å². The summed E-state index contributed by atoms with van der Waals surface area (Å²) in [5.41, 5.74) is 8.07. The Labute approximate surface area is 89.0 Å². The van der Waals surface area contributed by atoms with Crippen LogP contribution >= 0.6 is 0 Å². The number of nitrogens with two attached hydrogens (primary N) is 1. The highest BCUT2D eigenvalue weighted by atomic mass is 16.5. The molecule has 1 heterocycles. The number of hydrogen-bond acceptors (Lipinski definition) is 4. The van der Waals surface area contributed by atoms with Gasteiger partial charge in [-0.05, 0) is 30.2 Å². The number of aliphatic hydroxyl groups excluding tert-OH is 1. The lowest BCUT2D eigenvalue weighted by Crippen LogP contribution is -2.41. The monoisotopic (exact) mass is 208 g/mol. The Balaban J connectivity index is 2.16. The van der Waals surface area contributed by atoms with E-state index < -0.39 is 0 Å². The molecule has 2 rings (SSSR count). The van der Waals surface area contributed by atoms with Gasteiger partial charge in [0.05, 0.1) is 13.7 Å². The molecule has 0 spiro atoms. The predicted octanol–water partition coefficient (Wildman–Crippen LogP) is 0.351. The Hall–Kier alpha value is -1.26. The average molecular weight is 208 g/mol. The minimum absolute atomic E-state index is 0.00277. The van der Waals surface area contributed by atoms with E-state index in [-0.39, 0.29) is 18.7 Å². The van der Waals surface area contributed by atoms with E-state index in [0.29, 0.717) is 0 Å². The third kappa shape index (κ3) is 1.91. The summed E-state index contributed by atoms with van der Waals surface area (Å²) < 4.78 is 5.15. The van der Waals surface area contributed by atoms with Crippen molar-refractivity contribution in [2.24, 2.45) is 5.73 Å². The molecule has 1 aromatic carbocycles. The molecule has 0 saturated heterocycles. The predicted molar refractivity (Wildman–Crippen MR) is 59.2 cm³/mol. The van der Waals surface area contributed by atoms with E-state index in [9.17, 15) is 0 Å². The van der Waals surface area contributed by atoms with E-state index in [0.717, 1.165) is 17.9 Å². The molecule has 1 aliphatic rings. The smallest absolute Gasteiger partial charge is 0.119 e. The van der Waals surface area contributed by atoms with Crippen molar-refractivity contribution < 1.29 is 9.84 Å². The zero-order chi connectivity index (χ0) is 10.8. The Morgan fingerprint density at radius 3 is 3.13 bits per heavy atom. The topological polar surface area (TPSA) is 67.5 Å². The van der Waals surface area contributed by atoms with Gasteiger partial charge in [-0.25, -0.2) is 0 Å². The van der Waals surface area contributed by atoms with Crippen molar-refractivity contribution >= 4 is 5.69 Å². The summed E-state index contributed by atoms with van der Waals surface area (Å²) in [6.07, 6.45) is 0.842. The maximum atomic E-state index is 8.99. The Morgan fingerprint density at radius 1 is 1.67 bits per heavy atom. The molecule has 0 fully saturated rings. The largest absolute Gasteiger partial charge is 0.497 e. The highest BCUT2D eigenvalue weighted by Gasteiger charge is 2.25. The molecule has 82 valence electrons. The van der Waals surface area contributed by atoms with Crippen molar-refractivity contribution in [3.05, 3.63) is 23.8 Å². The standard InChI is InChI=1S/C11H16N2O2/c1-15-8-2-3-10-7(4-8)5-11(13-10)9(12)6-14/h2-4,9,11,13-14H,5-6,12H2,1H3. The molecule has 2 atom stereocenters. The fourth-order valence-electron chi connectivity index (χ4n) is 1.88. The molecular weight excluding hydrogens is 192 g/mol. The van der Waals surface area contributed by atoms with E-state index >= 15 is 0 Å². The number of fused-ring (bicyclic) bond motifs is 1. The minimum Gasteiger partial charge on any atom is -0.497 e. The van der Waals surface area contributed by atoms with Crippen LogP contribution in [-0.2, 0) is 6.42 Å². The highest BCUT2D eigenvalue weighted by Crippen LogP contribution is 2.29. The first kappa shape index (κ1) is 10.3. The lowest BCUT2D eigenvalue weighted by molar-refractivity contribution is 0.254. The number of ether oxygens (including phenoxy) is 1. The molecule has 0 amide bonds. The van der Waals surface area contributed by atoms with Crippen molar-refractivity contribution in [3.63, 3.8) is 0 Å². The van der Waals surface area contributed by atoms with E-state index in [1.165, 1.54) is 5.56 Å². The van der Waals surface area contributed by atoms with Gasteiger partial charge in [-0.2, -0.15) is 0 Å². The van der Waals surface area contributed by atoms with Crippen LogP contribution in [0.25, 0.3) is 0 Å². The van der Waals surface area contributed by atoms with Crippen LogP contribution in [0.5, 0.6) is 5.75 Å². The molecular formula is C11H16N2O2. The summed E-state index contributed by atoms with van der Waals surface area (Å²) in [4.78, 5) is 0. The zero-order valence-electron chi connectivity index (χ0n) is 8.73. The summed E-state index contributed by atoms with van der Waals surface area (Å²) >= 11 is 0. The molecule has 0 radical (unpaired) electrons. The van der Waals surface area contributed by atoms with Crippen LogP contribution in [0, 0.1) is 0 Å². The van der Waals surface area contributed by atoms with Crippen molar-refractivity contribution in [2.75, 3.05) is 19.0 Å². The lowest BCUT2D eigenvalue weighted by atomic mass is 10.0. The second kappa shape index (κ2) is 4.08. The Morgan fingerprint density at radius 2 is 2.47 bits per heavy atom. The molecule has 1 aromatic rings. The summed E-state index contributed by atoms with van der Waals surface area (Å²) in [6, 6.07) is 5.81. The zero-order valence-corrected chi connectivity index (χ0v) is 8.73. The van der Waals surface area contributed by atoms with E-state index in [1.807, 2.05) is 18.2 Å². The number of nitrogens with one attached hydrogen (secondary N) is 1. The molecule has 0 bridgehead atoms. The quantitative estimate of drug-likeness (QED) is 0.670. The molecule has 4 nitrogen and oxygen atoms in total. The molecule has 15 heavy (non-hydrogen) atoms. The SMILES string of the molecule is COc1ccc2c(c1)CC(C(N)CO)N2. The first-order chi connectivity index (χ1) is 7.24. The fourth-order valence-corrected chi connectivity index (χ4v) is 1.88. The Kier molecular flexibility index (Phi) is 2.79. The molecule has 0 aromatic heterocycles. The second-order valence-electron chi connectivity index (χ2n) is 3.82. The van der Waals surface area contributed by atoms with Gasteiger partial charge >= 0.3 is 0 Å². The number of anilines is 1. The first-order valence-corrected chi connectivity index (χ1v) is 5.04. The average Bonchev–Trinajstić information content (AvgIpc) is 2.70. The number of benzene rings is 1. The van der Waals surface area contributed by atoms with Gasteiger partial charge in [-0.15, -0.1) is 0 Å². The molecule has 1 aliphatic heterocycles. The van der Waals surface area contributed by atoms with Crippen LogP contribution in [0.1, 0.15) is 5.56 Å². The normalized spacial score (nSPS) is 20.6. The summed E-state index contributed by atoms with van der Waals surface area (Å²) in [5.74, 6) is 0.855. The molecule has 0 aliphatic carbocycles. The van der Waals surface area contributed by atoms with Crippen LogP contribution in [0.2, 0.25) is 0 Å². The summed E-state index contributed by atoms with van der Waals surface area (Å²) in [5, 5.41) is 12.3. The van der Waals surface area contributed by atoms with E-state index in [1.54, 1.807) is 7.11 Å². The van der Waals surface area contributed by atoms with Crippen molar-refractivity contribution in [3.8, 4) is 5.75 Å². The van der Waals surface area contributed by atoms with E-state index in [4.69, 9.17) is 15.6 Å². The highest BCUT2D eigenvalue weighted by molar-refractivity contribution is 5.59. The molecule has 4 N–H and O–H groups in total. The second-order valence-corrected chi connectivity index (χ2v) is 3.82. The first-order valence-electron chi connectivity index (χ1n) is 5.04. The van der Waals surface area contributed by atoms with E-state index in [2.05, 4.69) is 5.32 Å². The number of hydrogen-bond donors (Lipinski definition) is 3. The van der Waals surface area contributed by atoms with Crippen LogP contribution < -0.4 is 15.8 Å². The Bertz CT molecular complexity index is 354. The summed E-state index contributed by atoms with van der Waals surface area (Å²) in [7, 11) is 1.65. The lowest BCUT2D eigenvalue weighted by Gasteiger charge is -2.17. The third-order valence-electron chi connectivity index (χ3n) is 2.82. The molecule has 0 saturated carbocycles. The van der Waals surface area contributed by atoms with Gasteiger partial charge in [0.2, 0.25) is 0 Å². The number of methoxy groups -OCH3 is 1. The van der Waals surface area contributed by atoms with Gasteiger partial charge in [-0.3, -0.25) is 0 Å². The van der Waals surface area contributed by atoms with Gasteiger partial charge in [0.15, 0.2) is 0 Å². The number of aliphatic hydroxyl groups is 1. The van der Waals surface area contributed by atoms with Crippen molar-refractivity contribution in [2.45, 2.75) is 18.5 Å². The molecule has 2 unspecified atom stereocenters. The summed E-state index contributed by atoms with van der Waals surface area (Å²) in [6.45, 7) is 0.00277. The van der Waals surface area contributed by atoms with Crippen LogP contribution in [-0.4, -0.2) is 30.9 Å². The van der Waals surface area contributed by atoms with Crippen molar-refractivity contribution in [1.29, 1.82) is 0 Å². The van der Waals surface area contributed by atoms with Crippen molar-refractivity contribution in [1.82, 2.24) is 0 Å². The molecule has 4 heteroatoms. The minimum atomic E-state index is -0.219. The number of rotatable bonds is 3. The van der Waals surface area contributed by atoms with Gasteiger partial charge in [0, 0.05) is 17.8 Å².